The summed E-state index contributed by atoms with van der Waals surface area (Å²) in [5, 5.41) is 13.9. The largest absolute Gasteiger partial charge is 0.480 e. The predicted molar refractivity (Wildman–Crippen MR) is 213 cm³/mol. The van der Waals surface area contributed by atoms with Crippen LogP contribution in [0.5, 0.6) is 0 Å². The number of hydrogen-bond acceptors (Lipinski definition) is 11. The number of aryl methyl sites for hydroxylation is 4. The highest BCUT2D eigenvalue weighted by atomic mass is 16.6. The number of carboxylic acid groups (broad SMARTS) is 1. The first-order valence-corrected chi connectivity index (χ1v) is 18.1. The maximum Gasteiger partial charge on any atom is 0.408 e. The van der Waals surface area contributed by atoms with Crippen molar-refractivity contribution in [1.82, 2.24) is 10.6 Å². The number of benzene rings is 4. The van der Waals surface area contributed by atoms with Crippen molar-refractivity contribution in [1.29, 1.82) is 0 Å². The van der Waals surface area contributed by atoms with Crippen molar-refractivity contribution in [3.63, 3.8) is 0 Å². The lowest BCUT2D eigenvalue weighted by atomic mass is 9.99. The molecule has 16 heteroatoms. The molecule has 0 aromatic heterocycles. The second-order valence-electron chi connectivity index (χ2n) is 13.4. The van der Waals surface area contributed by atoms with E-state index in [2.05, 4.69) is 10.6 Å². The topological polar surface area (TPSA) is 261 Å². The zero-order valence-corrected chi connectivity index (χ0v) is 33.2. The number of aliphatic carboxylic acids is 1. The fourth-order valence-corrected chi connectivity index (χ4v) is 5.68. The van der Waals surface area contributed by atoms with Crippen LogP contribution < -0.4 is 22.1 Å². The molecule has 4 aromatic carbocycles. The third-order valence-electron chi connectivity index (χ3n) is 8.60. The van der Waals surface area contributed by atoms with E-state index < -0.39 is 72.8 Å². The second-order valence-corrected chi connectivity index (χ2v) is 13.4. The van der Waals surface area contributed by atoms with Gasteiger partial charge in [0.05, 0.1) is 11.1 Å². The van der Waals surface area contributed by atoms with Crippen LogP contribution >= 0.6 is 0 Å². The Balaban J connectivity index is 0.000000320. The van der Waals surface area contributed by atoms with E-state index in [1.165, 1.54) is 31.2 Å². The number of Topliss-reactive ketones (excluding diaryl/α,β-unsaturated/α-hetero) is 1. The molecule has 4 aromatic rings. The molecule has 0 saturated carbocycles. The Bertz CT molecular complexity index is 2070. The lowest BCUT2D eigenvalue weighted by molar-refractivity contribution is -0.141. The number of nitrogens with one attached hydrogen (secondary N) is 2. The standard InChI is InChI=1S/C23H24N2O7.C20H22N2O5/c1-11-5-15(20(24)27)6-12(2)18(11)22(29)31-9-17(26)10-32-23(30)19-13(3)7-16(21(25)28)8-14(19)4;1-14(19(24)25)21-18(23)17(12-15-8-4-2-5-9-15)22-20(26)27-13-16-10-6-3-7-11-16/h5-8H,9-10H2,1-4H3,(H2,24,27)(H2,25,28);2-11,14,17H,12-13H2,1H3,(H,21,23)(H,22,26)(H,24,25)/t;14-,17-/m.0/s1. The Labute approximate surface area is 340 Å². The van der Waals surface area contributed by atoms with E-state index in [4.69, 9.17) is 30.8 Å². The molecule has 0 aliphatic heterocycles. The minimum absolute atomic E-state index is 0.0673. The van der Waals surface area contributed by atoms with E-state index in [0.29, 0.717) is 22.3 Å². The maximum atomic E-state index is 12.4. The van der Waals surface area contributed by atoms with Gasteiger partial charge in [0, 0.05) is 17.5 Å². The molecular weight excluding hydrogens is 764 g/mol. The molecule has 16 nitrogen and oxygen atoms in total. The van der Waals surface area contributed by atoms with Gasteiger partial charge in [-0.1, -0.05) is 60.7 Å². The van der Waals surface area contributed by atoms with Gasteiger partial charge in [-0.25, -0.2) is 14.4 Å². The molecule has 0 unspecified atom stereocenters. The molecule has 59 heavy (non-hydrogen) atoms. The SMILES string of the molecule is C[C@H](NC(=O)[C@H](Cc1ccccc1)NC(=O)OCc1ccccc1)C(=O)O.Cc1cc(C(N)=O)cc(C)c1C(=O)OCC(=O)COC(=O)c1c(C)cc(C(N)=O)cc1C. The zero-order chi connectivity index (χ0) is 43.8. The Kier molecular flexibility index (Phi) is 17.0. The Morgan fingerprint density at radius 2 is 1.02 bits per heavy atom. The number of esters is 2. The second kappa shape index (κ2) is 21.8. The number of ketones is 1. The quantitative estimate of drug-likeness (QED) is 0.0800. The molecule has 0 aliphatic rings. The van der Waals surface area contributed by atoms with Crippen molar-refractivity contribution in [3.05, 3.63) is 141 Å². The first-order chi connectivity index (χ1) is 27.9. The molecule has 0 spiro atoms. The summed E-state index contributed by atoms with van der Waals surface area (Å²) in [6, 6.07) is 22.1. The van der Waals surface area contributed by atoms with E-state index in [-0.39, 0.29) is 35.3 Å². The van der Waals surface area contributed by atoms with Gasteiger partial charge in [0.15, 0.2) is 13.2 Å². The van der Waals surface area contributed by atoms with Crippen LogP contribution in [-0.4, -0.2) is 77.9 Å². The van der Waals surface area contributed by atoms with Crippen LogP contribution in [0.15, 0.2) is 84.9 Å². The number of alkyl carbamates (subject to hydrolysis) is 1. The molecule has 4 amide bonds. The highest BCUT2D eigenvalue weighted by Gasteiger charge is 2.25. The van der Waals surface area contributed by atoms with Crippen molar-refractivity contribution >= 4 is 47.5 Å². The number of rotatable bonds is 16. The number of nitrogens with two attached hydrogens (primary N) is 2. The number of hydrogen-bond donors (Lipinski definition) is 5. The number of ether oxygens (including phenoxy) is 3. The lowest BCUT2D eigenvalue weighted by Crippen LogP contribution is -2.51. The molecule has 7 N–H and O–H groups in total. The van der Waals surface area contributed by atoms with Crippen LogP contribution in [-0.2, 0) is 41.6 Å². The summed E-state index contributed by atoms with van der Waals surface area (Å²) in [7, 11) is 0. The number of primary amides is 2. The van der Waals surface area contributed by atoms with Gasteiger partial charge in [0.2, 0.25) is 23.5 Å². The fourth-order valence-electron chi connectivity index (χ4n) is 5.68. The highest BCUT2D eigenvalue weighted by Crippen LogP contribution is 2.19. The molecule has 0 heterocycles. The van der Waals surface area contributed by atoms with Crippen LogP contribution in [0, 0.1) is 27.7 Å². The highest BCUT2D eigenvalue weighted by molar-refractivity contribution is 6.00. The van der Waals surface area contributed by atoms with E-state index in [1.807, 2.05) is 60.7 Å². The van der Waals surface area contributed by atoms with E-state index in [9.17, 15) is 38.4 Å². The zero-order valence-electron chi connectivity index (χ0n) is 33.2. The van der Waals surface area contributed by atoms with Crippen LogP contribution in [0.25, 0.3) is 0 Å². The summed E-state index contributed by atoms with van der Waals surface area (Å²) >= 11 is 0. The summed E-state index contributed by atoms with van der Waals surface area (Å²) < 4.78 is 15.2. The fraction of sp³-hybridized carbons (Fsp3) is 0.256. The van der Waals surface area contributed by atoms with Crippen LogP contribution in [0.3, 0.4) is 0 Å². The number of amides is 4. The molecule has 4 rings (SSSR count). The van der Waals surface area contributed by atoms with Gasteiger partial charge in [-0.15, -0.1) is 0 Å². The summed E-state index contributed by atoms with van der Waals surface area (Å²) in [6.07, 6.45) is -0.544. The number of carbonyl (C=O) groups is 8. The molecule has 0 saturated heterocycles. The molecule has 0 aliphatic carbocycles. The van der Waals surface area contributed by atoms with E-state index in [0.717, 1.165) is 11.1 Å². The first-order valence-electron chi connectivity index (χ1n) is 18.1. The Hall–Kier alpha value is -7.36. The van der Waals surface area contributed by atoms with Gasteiger partial charge in [-0.2, -0.15) is 0 Å². The Morgan fingerprint density at radius 1 is 0.610 bits per heavy atom. The van der Waals surface area contributed by atoms with Gasteiger partial charge in [0.1, 0.15) is 18.7 Å². The van der Waals surface area contributed by atoms with Crippen LogP contribution in [0.1, 0.15) is 81.7 Å². The van der Waals surface area contributed by atoms with Gasteiger partial charge in [0.25, 0.3) is 0 Å². The van der Waals surface area contributed by atoms with Gasteiger partial charge < -0.3 is 41.4 Å². The molecule has 0 radical (unpaired) electrons. The first kappa shape index (κ1) is 46.0. The summed E-state index contributed by atoms with van der Waals surface area (Å²) in [6.45, 7) is 6.71. The van der Waals surface area contributed by atoms with Crippen molar-refractivity contribution in [3.8, 4) is 0 Å². The summed E-state index contributed by atoms with van der Waals surface area (Å²) in [4.78, 5) is 95.0. The smallest absolute Gasteiger partial charge is 0.408 e. The molecule has 2 atom stereocenters. The number of carboxylic acids is 1. The van der Waals surface area contributed by atoms with E-state index >= 15 is 0 Å². The predicted octanol–water partition coefficient (Wildman–Crippen LogP) is 3.81. The monoisotopic (exact) mass is 810 g/mol. The van der Waals surface area contributed by atoms with Crippen molar-refractivity contribution in [2.75, 3.05) is 13.2 Å². The molecular formula is C43H46N4O12. The van der Waals surface area contributed by atoms with Gasteiger partial charge >= 0.3 is 24.0 Å². The van der Waals surface area contributed by atoms with Crippen LogP contribution in [0.4, 0.5) is 4.79 Å². The normalized spacial score (nSPS) is 11.3. The maximum absolute atomic E-state index is 12.4. The molecule has 0 bridgehead atoms. The third-order valence-corrected chi connectivity index (χ3v) is 8.60. The lowest BCUT2D eigenvalue weighted by Gasteiger charge is -2.20. The average molecular weight is 811 g/mol. The molecule has 0 fully saturated rings. The minimum Gasteiger partial charge on any atom is -0.480 e. The van der Waals surface area contributed by atoms with Crippen molar-refractivity contribution in [2.45, 2.75) is 59.7 Å². The molecule has 310 valence electrons. The minimum atomic E-state index is -1.16. The summed E-state index contributed by atoms with van der Waals surface area (Å²) in [5.74, 6) is -5.11. The van der Waals surface area contributed by atoms with Crippen molar-refractivity contribution < 1.29 is 57.7 Å². The third kappa shape index (κ3) is 14.3. The number of carbonyl (C=O) groups excluding carboxylic acids is 7. The van der Waals surface area contributed by atoms with Gasteiger partial charge in [-0.05, 0) is 92.3 Å². The Morgan fingerprint density at radius 3 is 1.41 bits per heavy atom. The summed E-state index contributed by atoms with van der Waals surface area (Å²) in [5.41, 5.74) is 15.0. The van der Waals surface area contributed by atoms with Crippen molar-refractivity contribution in [2.24, 2.45) is 11.5 Å². The van der Waals surface area contributed by atoms with Gasteiger partial charge in [-0.3, -0.25) is 24.0 Å². The average Bonchev–Trinajstić information content (AvgIpc) is 3.18. The van der Waals surface area contributed by atoms with Crippen LogP contribution in [0.2, 0.25) is 0 Å². The van der Waals surface area contributed by atoms with E-state index in [1.54, 1.807) is 27.7 Å².